The number of aromatic amines is 1. The molecule has 1 aliphatic heterocycles. The second-order valence-corrected chi connectivity index (χ2v) is 24.4. The Hall–Kier alpha value is -5.19. The van der Waals surface area contributed by atoms with Crippen LogP contribution in [0.2, 0.25) is 0 Å². The van der Waals surface area contributed by atoms with E-state index in [9.17, 15) is 30.6 Å². The van der Waals surface area contributed by atoms with Crippen LogP contribution in [0.1, 0.15) is 120 Å². The van der Waals surface area contributed by atoms with E-state index >= 15 is 4.79 Å². The Labute approximate surface area is 454 Å². The second-order valence-electron chi connectivity index (χ2n) is 21.8. The van der Waals surface area contributed by atoms with Crippen LogP contribution in [0.15, 0.2) is 97.3 Å². The van der Waals surface area contributed by atoms with Gasteiger partial charge in [0.1, 0.15) is 5.75 Å². The number of aromatic hydroxyl groups is 2. The molecule has 1 aromatic heterocycles. The number of methoxy groups -OCH3 is 1. The van der Waals surface area contributed by atoms with Gasteiger partial charge in [-0.15, -0.1) is 0 Å². The molecule has 3 aliphatic carbocycles. The lowest BCUT2D eigenvalue weighted by Crippen LogP contribution is -2.61. The molecular formula is C62H74N2O10S2. The van der Waals surface area contributed by atoms with Crippen molar-refractivity contribution in [1.29, 1.82) is 0 Å². The molecule has 0 saturated heterocycles. The first-order chi connectivity index (χ1) is 36.9. The topological polar surface area (TPSA) is 194 Å². The molecular weight excluding hydrogens is 997 g/mol. The summed E-state index contributed by atoms with van der Waals surface area (Å²) in [4.78, 5) is 20.1. The number of fused-ring (bicyclic) bond motifs is 2. The molecule has 0 radical (unpaired) electrons. The van der Waals surface area contributed by atoms with Crippen LogP contribution >= 0.6 is 21.6 Å². The Balaban J connectivity index is 1.16. The molecule has 0 spiro atoms. The van der Waals surface area contributed by atoms with Crippen molar-refractivity contribution in [3.63, 3.8) is 0 Å². The third-order valence-electron chi connectivity index (χ3n) is 17.6. The van der Waals surface area contributed by atoms with E-state index in [4.69, 9.17) is 14.2 Å². The maximum Gasteiger partial charge on any atom is 0.186 e. The molecule has 76 heavy (non-hydrogen) atoms. The van der Waals surface area contributed by atoms with E-state index in [1.165, 1.54) is 0 Å². The number of aliphatic hydroxyl groups excluding tert-OH is 4. The minimum absolute atomic E-state index is 0.00205. The number of carbonyl (C=O) groups excluding carboxylic acids is 1. The fraction of sp³-hybridized carbons (Fsp3) is 0.468. The van der Waals surface area contributed by atoms with Gasteiger partial charge in [-0.1, -0.05) is 89.9 Å². The SMILES string of the molecule is CCc1ccc2cccc3c2c1Cc1c(ccc(O)c1OC)C[C@@H](Cc1cc[nH]c1)[C@H](O)[C@@H]1C(=O)[C@@](Cc2ccc(OCO)c(OC4CCCC4)c2)(c2cc(O)cc(C4(NC)CCCC4)c2)[C@H](O)C[C@H]1CSS[C@H]3CO. The van der Waals surface area contributed by atoms with Crippen LogP contribution < -0.4 is 19.5 Å². The van der Waals surface area contributed by atoms with Crippen molar-refractivity contribution in [3.8, 4) is 28.7 Å². The van der Waals surface area contributed by atoms with Gasteiger partial charge in [-0.05, 0) is 181 Å². The molecule has 2 heterocycles. The summed E-state index contributed by atoms with van der Waals surface area (Å²) in [7, 11) is 6.59. The standard InChI is InChI=1S/C62H74N2O10S2/c1-4-39-15-16-40-10-9-13-48-54(34-65)76-75-35-43-27-55(69)62(45-28-44(29-46(67)30-45)61(63-2)21-7-8-22-61,32-37-14-19-52(73-36-66)53(25-37)74-47-11-5-6-12-47)60(71)57(43)58(70)42(24-38-20-23-64-33-38)26-41-17-18-51(68)59(72-3)50(41)31-49(39)56(40)48/h9-10,13-20,23,25,28-30,33,42-43,47,54-55,57-58,63-70H,4-8,11-12,21-22,24,26-27,31-32,34-36H2,1-3H3/t42-,43+,54+,55-,57-,58+,62+/m1/s1. The lowest BCUT2D eigenvalue weighted by molar-refractivity contribution is -0.149. The molecule has 7 atom stereocenters. The highest BCUT2D eigenvalue weighted by atomic mass is 33.1. The zero-order valence-electron chi connectivity index (χ0n) is 43.9. The van der Waals surface area contributed by atoms with Crippen molar-refractivity contribution in [2.24, 2.45) is 17.8 Å². The van der Waals surface area contributed by atoms with Gasteiger partial charge < -0.3 is 55.2 Å². The van der Waals surface area contributed by atoms with Gasteiger partial charge in [0.15, 0.2) is 35.6 Å². The summed E-state index contributed by atoms with van der Waals surface area (Å²) in [6, 6.07) is 26.9. The monoisotopic (exact) mass is 1070 g/mol. The first kappa shape index (κ1) is 54.2. The van der Waals surface area contributed by atoms with Gasteiger partial charge in [-0.2, -0.15) is 0 Å². The summed E-state index contributed by atoms with van der Waals surface area (Å²) in [6.07, 6.45) is 10.7. The first-order valence-electron chi connectivity index (χ1n) is 27.3. The quantitative estimate of drug-likeness (QED) is 0.0380. The van der Waals surface area contributed by atoms with Gasteiger partial charge in [-0.3, -0.25) is 4.79 Å². The van der Waals surface area contributed by atoms with Gasteiger partial charge in [0.2, 0.25) is 0 Å². The van der Waals surface area contributed by atoms with Crippen molar-refractivity contribution in [2.75, 3.05) is 33.3 Å². The summed E-state index contributed by atoms with van der Waals surface area (Å²) >= 11 is 0. The number of phenols is 2. The molecule has 6 aromatic rings. The lowest BCUT2D eigenvalue weighted by atomic mass is 9.55. The van der Waals surface area contributed by atoms with Gasteiger partial charge in [-0.25, -0.2) is 0 Å². The number of carbonyl (C=O) groups is 1. The van der Waals surface area contributed by atoms with Crippen LogP contribution in [-0.4, -0.2) is 93.0 Å². The van der Waals surface area contributed by atoms with Crippen LogP contribution in [0.25, 0.3) is 10.8 Å². The Morgan fingerprint density at radius 2 is 1.67 bits per heavy atom. The van der Waals surface area contributed by atoms with Crippen molar-refractivity contribution < 1.29 is 49.6 Å². The highest BCUT2D eigenvalue weighted by Crippen LogP contribution is 2.53. The molecule has 0 amide bonds. The van der Waals surface area contributed by atoms with Gasteiger partial charge in [0.25, 0.3) is 0 Å². The summed E-state index contributed by atoms with van der Waals surface area (Å²) in [5, 5.41) is 76.9. The van der Waals surface area contributed by atoms with Crippen LogP contribution in [0.4, 0.5) is 0 Å². The average molecular weight is 1070 g/mol. The van der Waals surface area contributed by atoms with Crippen LogP contribution in [-0.2, 0) is 47.9 Å². The number of phenolic OH excluding ortho intramolecular Hbond substituents is 2. The number of aryl methyl sites for hydroxylation is 1. The molecule has 5 aromatic carbocycles. The number of benzene rings is 5. The highest BCUT2D eigenvalue weighted by molar-refractivity contribution is 8.76. The molecule has 4 aliphatic rings. The Bertz CT molecular complexity index is 2990. The van der Waals surface area contributed by atoms with E-state index in [1.807, 2.05) is 55.8 Å². The normalized spacial score (nSPS) is 25.1. The largest absolute Gasteiger partial charge is 0.508 e. The van der Waals surface area contributed by atoms with E-state index in [2.05, 4.69) is 41.5 Å². The van der Waals surface area contributed by atoms with E-state index in [0.717, 1.165) is 108 Å². The smallest absolute Gasteiger partial charge is 0.186 e. The molecule has 12 nitrogen and oxygen atoms in total. The van der Waals surface area contributed by atoms with E-state index < -0.39 is 47.7 Å². The molecule has 0 bridgehead atoms. The summed E-state index contributed by atoms with van der Waals surface area (Å²) in [5.74, 6) is -0.892. The number of ether oxygens (including phenoxy) is 3. The zero-order valence-corrected chi connectivity index (χ0v) is 45.6. The number of aromatic nitrogens is 1. The van der Waals surface area contributed by atoms with E-state index in [1.54, 1.807) is 53.0 Å². The molecule has 8 N–H and O–H groups in total. The molecule has 10 rings (SSSR count). The Morgan fingerprint density at radius 1 is 0.868 bits per heavy atom. The third kappa shape index (κ3) is 10.5. The van der Waals surface area contributed by atoms with Gasteiger partial charge in [0.05, 0.1) is 42.7 Å². The van der Waals surface area contributed by atoms with Crippen LogP contribution in [0, 0.1) is 17.8 Å². The fourth-order valence-corrected chi connectivity index (χ4v) is 16.5. The number of aliphatic hydroxyl groups is 4. The number of Topliss-reactive ketones (excluding diaryl/α,β-unsaturated/α-hetero) is 1. The molecule has 0 unspecified atom stereocenters. The number of hydrogen-bond acceptors (Lipinski definition) is 13. The van der Waals surface area contributed by atoms with Gasteiger partial charge >= 0.3 is 0 Å². The predicted octanol–water partition coefficient (Wildman–Crippen LogP) is 10.3. The van der Waals surface area contributed by atoms with Crippen molar-refractivity contribution in [3.05, 3.63) is 147 Å². The maximum atomic E-state index is 16.9. The summed E-state index contributed by atoms with van der Waals surface area (Å²) < 4.78 is 18.4. The third-order valence-corrected chi connectivity index (χ3v) is 20.5. The highest BCUT2D eigenvalue weighted by Gasteiger charge is 2.58. The molecule has 14 heteroatoms. The summed E-state index contributed by atoms with van der Waals surface area (Å²) in [6.45, 7) is 1.42. The zero-order chi connectivity index (χ0) is 53.1. The maximum absolute atomic E-state index is 16.9. The number of ketones is 1. The van der Waals surface area contributed by atoms with Crippen molar-refractivity contribution in [1.82, 2.24) is 10.3 Å². The fourth-order valence-electron chi connectivity index (χ4n) is 13.7. The number of nitrogens with one attached hydrogen (secondary N) is 2. The van der Waals surface area contributed by atoms with E-state index in [-0.39, 0.29) is 48.1 Å². The second kappa shape index (κ2) is 23.4. The van der Waals surface area contributed by atoms with Crippen LogP contribution in [0.3, 0.4) is 0 Å². The molecule has 404 valence electrons. The van der Waals surface area contributed by atoms with Crippen molar-refractivity contribution >= 4 is 38.1 Å². The predicted molar refractivity (Wildman–Crippen MR) is 301 cm³/mol. The Morgan fingerprint density at radius 3 is 2.39 bits per heavy atom. The number of rotatable bonds is 14. The minimum Gasteiger partial charge on any atom is -0.508 e. The average Bonchev–Trinajstić information content (AvgIpc) is 4.26. The van der Waals surface area contributed by atoms with Crippen molar-refractivity contribution in [2.45, 2.75) is 131 Å². The summed E-state index contributed by atoms with van der Waals surface area (Å²) in [5.41, 5.74) is 5.65. The number of H-pyrrole nitrogens is 1. The Kier molecular flexibility index (Phi) is 16.7. The molecule has 3 fully saturated rings. The number of hydrogen-bond donors (Lipinski definition) is 8. The van der Waals surface area contributed by atoms with E-state index in [0.29, 0.717) is 53.4 Å². The van der Waals surface area contributed by atoms with Crippen LogP contribution in [0.5, 0.6) is 28.7 Å². The minimum atomic E-state index is -1.68. The molecule has 3 saturated carbocycles. The van der Waals surface area contributed by atoms with Gasteiger partial charge in [0, 0.05) is 41.6 Å². The lowest BCUT2D eigenvalue weighted by Gasteiger charge is -2.49. The first-order valence-corrected chi connectivity index (χ1v) is 29.7.